The lowest BCUT2D eigenvalue weighted by Gasteiger charge is -2.18. The topological polar surface area (TPSA) is 58.4 Å². The summed E-state index contributed by atoms with van der Waals surface area (Å²) in [6.45, 7) is 7.89. The van der Waals surface area contributed by atoms with Crippen molar-refractivity contribution in [2.75, 3.05) is 13.1 Å². The van der Waals surface area contributed by atoms with Crippen molar-refractivity contribution in [3.8, 4) is 0 Å². The Balaban J connectivity index is 0.00000338. The number of nitrogens with one attached hydrogen (secondary N) is 1. The molecule has 4 nitrogen and oxygen atoms in total. The molecule has 1 unspecified atom stereocenters. The van der Waals surface area contributed by atoms with Crippen molar-refractivity contribution in [1.29, 1.82) is 0 Å². The fourth-order valence-electron chi connectivity index (χ4n) is 2.83. The molecular weight excluding hydrogens is 381 g/mol. The highest BCUT2D eigenvalue weighted by Gasteiger charge is 2.11. The van der Waals surface area contributed by atoms with E-state index in [2.05, 4.69) is 42.3 Å². The predicted octanol–water partition coefficient (Wildman–Crippen LogP) is 4.08. The summed E-state index contributed by atoms with van der Waals surface area (Å²) in [6, 6.07) is 17.9. The molecule has 0 fully saturated rings. The van der Waals surface area contributed by atoms with Gasteiger partial charge in [0.15, 0.2) is 0 Å². The zero-order valence-electron chi connectivity index (χ0n) is 16.1. The van der Waals surface area contributed by atoms with Crippen molar-refractivity contribution >= 4 is 30.7 Å². The molecule has 27 heavy (non-hydrogen) atoms. The quantitative estimate of drug-likeness (QED) is 0.653. The third kappa shape index (κ3) is 8.76. The van der Waals surface area contributed by atoms with Crippen LogP contribution in [-0.4, -0.2) is 23.9 Å². The zero-order chi connectivity index (χ0) is 18.1. The molecule has 3 N–H and O–H groups in total. The Morgan fingerprint density at radius 2 is 1.63 bits per heavy atom. The summed E-state index contributed by atoms with van der Waals surface area (Å²) in [5.74, 6) is -0.0227. The number of nitrogens with two attached hydrogens (primary N) is 1. The number of carbonyl (C=O) groups is 1. The van der Waals surface area contributed by atoms with Crippen LogP contribution in [0.25, 0.3) is 0 Å². The zero-order valence-corrected chi connectivity index (χ0v) is 17.7. The van der Waals surface area contributed by atoms with E-state index in [0.29, 0.717) is 13.0 Å². The van der Waals surface area contributed by atoms with Gasteiger partial charge >= 0.3 is 0 Å². The molecular formula is C21H31Cl2N3O. The van der Waals surface area contributed by atoms with Crippen molar-refractivity contribution < 1.29 is 4.79 Å². The monoisotopic (exact) mass is 411 g/mol. The first-order valence-electron chi connectivity index (χ1n) is 8.99. The number of benzene rings is 2. The van der Waals surface area contributed by atoms with E-state index in [4.69, 9.17) is 5.73 Å². The third-order valence-electron chi connectivity index (χ3n) is 4.41. The van der Waals surface area contributed by atoms with Gasteiger partial charge in [-0.2, -0.15) is 0 Å². The van der Waals surface area contributed by atoms with Crippen LogP contribution in [0.3, 0.4) is 0 Å². The molecule has 0 aromatic heterocycles. The van der Waals surface area contributed by atoms with Crippen molar-refractivity contribution in [1.82, 2.24) is 10.2 Å². The maximum Gasteiger partial charge on any atom is 0.222 e. The number of hydrogen-bond donors (Lipinski definition) is 2. The van der Waals surface area contributed by atoms with Crippen LogP contribution in [0.4, 0.5) is 0 Å². The van der Waals surface area contributed by atoms with E-state index in [1.54, 1.807) is 0 Å². The van der Waals surface area contributed by atoms with E-state index >= 15 is 0 Å². The van der Waals surface area contributed by atoms with Gasteiger partial charge in [-0.1, -0.05) is 68.4 Å². The average Bonchev–Trinajstić information content (AvgIpc) is 2.65. The molecule has 0 aliphatic heterocycles. The second-order valence-electron chi connectivity index (χ2n) is 6.28. The van der Waals surface area contributed by atoms with Crippen LogP contribution in [0.5, 0.6) is 0 Å². The van der Waals surface area contributed by atoms with Gasteiger partial charge in [-0.05, 0) is 29.8 Å². The Kier molecular flexibility index (Phi) is 12.8. The van der Waals surface area contributed by atoms with Gasteiger partial charge < -0.3 is 11.1 Å². The molecule has 6 heteroatoms. The van der Waals surface area contributed by atoms with Gasteiger partial charge in [0.1, 0.15) is 0 Å². The van der Waals surface area contributed by atoms with E-state index in [1.807, 2.05) is 36.4 Å². The van der Waals surface area contributed by atoms with Crippen molar-refractivity contribution in [3.63, 3.8) is 0 Å². The molecule has 2 aromatic carbocycles. The Hall–Kier alpha value is -1.59. The van der Waals surface area contributed by atoms with Gasteiger partial charge in [0, 0.05) is 25.6 Å². The Morgan fingerprint density at radius 3 is 2.26 bits per heavy atom. The molecule has 0 saturated heterocycles. The normalized spacial score (nSPS) is 11.3. The van der Waals surface area contributed by atoms with Crippen LogP contribution in [0, 0.1) is 0 Å². The van der Waals surface area contributed by atoms with Crippen LogP contribution in [-0.2, 0) is 17.9 Å². The Bertz CT molecular complexity index is 663. The van der Waals surface area contributed by atoms with Crippen molar-refractivity contribution in [2.24, 2.45) is 5.73 Å². The number of hydrogen-bond acceptors (Lipinski definition) is 3. The number of carbonyl (C=O) groups excluding carboxylic acids is 1. The molecule has 2 aromatic rings. The number of nitrogens with zero attached hydrogens (tertiary/aromatic N) is 1. The standard InChI is InChI=1S/C21H29N3O.2ClH/c1-3-24(4-2)16-18-10-8-9-17(13-18)15-23-21(25)14-20(22)19-11-6-5-7-12-19;;/h5-13,20H,3-4,14-16,22H2,1-2H3,(H,23,25);2*1H. The van der Waals surface area contributed by atoms with Crippen LogP contribution in [0.15, 0.2) is 54.6 Å². The van der Waals surface area contributed by atoms with Gasteiger partial charge in [-0.3, -0.25) is 9.69 Å². The lowest BCUT2D eigenvalue weighted by molar-refractivity contribution is -0.121. The lowest BCUT2D eigenvalue weighted by Crippen LogP contribution is -2.27. The molecule has 150 valence electrons. The lowest BCUT2D eigenvalue weighted by atomic mass is 10.0. The first-order valence-corrected chi connectivity index (χ1v) is 8.99. The van der Waals surface area contributed by atoms with Crippen molar-refractivity contribution in [2.45, 2.75) is 39.4 Å². The Labute approximate surface area is 175 Å². The largest absolute Gasteiger partial charge is 0.352 e. The van der Waals surface area contributed by atoms with Crippen LogP contribution in [0.2, 0.25) is 0 Å². The molecule has 0 radical (unpaired) electrons. The second kappa shape index (κ2) is 13.6. The first-order chi connectivity index (χ1) is 12.1. The van der Waals surface area contributed by atoms with E-state index in [9.17, 15) is 4.79 Å². The van der Waals surface area contributed by atoms with E-state index < -0.39 is 0 Å². The summed E-state index contributed by atoms with van der Waals surface area (Å²) in [7, 11) is 0. The fourth-order valence-corrected chi connectivity index (χ4v) is 2.83. The first kappa shape index (κ1) is 25.4. The molecule has 0 saturated carbocycles. The highest BCUT2D eigenvalue weighted by molar-refractivity contribution is 5.85. The van der Waals surface area contributed by atoms with Gasteiger partial charge in [-0.15, -0.1) is 24.8 Å². The number of amides is 1. The molecule has 0 heterocycles. The minimum Gasteiger partial charge on any atom is -0.352 e. The number of halogens is 2. The SMILES string of the molecule is CCN(CC)Cc1cccc(CNC(=O)CC(N)c2ccccc2)c1.Cl.Cl. The summed E-state index contributed by atoms with van der Waals surface area (Å²) >= 11 is 0. The molecule has 2 rings (SSSR count). The van der Waals surface area contributed by atoms with Gasteiger partial charge in [0.25, 0.3) is 0 Å². The average molecular weight is 412 g/mol. The minimum absolute atomic E-state index is 0. The summed E-state index contributed by atoms with van der Waals surface area (Å²) in [5.41, 5.74) is 9.48. The smallest absolute Gasteiger partial charge is 0.222 e. The van der Waals surface area contributed by atoms with Crippen LogP contribution < -0.4 is 11.1 Å². The van der Waals surface area contributed by atoms with Gasteiger partial charge in [-0.25, -0.2) is 0 Å². The Morgan fingerprint density at radius 1 is 1.00 bits per heavy atom. The van der Waals surface area contributed by atoms with Crippen LogP contribution in [0.1, 0.15) is 43.0 Å². The molecule has 1 atom stereocenters. The number of rotatable bonds is 9. The maximum absolute atomic E-state index is 12.2. The fraction of sp³-hybridized carbons (Fsp3) is 0.381. The minimum atomic E-state index is -0.268. The third-order valence-corrected chi connectivity index (χ3v) is 4.41. The van der Waals surface area contributed by atoms with E-state index in [1.165, 1.54) is 5.56 Å². The summed E-state index contributed by atoms with van der Waals surface area (Å²) in [6.07, 6.45) is 0.295. The highest BCUT2D eigenvalue weighted by Crippen LogP contribution is 2.13. The molecule has 0 aliphatic rings. The van der Waals surface area contributed by atoms with E-state index in [0.717, 1.165) is 30.8 Å². The highest BCUT2D eigenvalue weighted by atomic mass is 35.5. The molecule has 0 aliphatic carbocycles. The summed E-state index contributed by atoms with van der Waals surface area (Å²) in [5, 5.41) is 2.98. The molecule has 1 amide bonds. The summed E-state index contributed by atoms with van der Waals surface area (Å²) in [4.78, 5) is 14.5. The second-order valence-corrected chi connectivity index (χ2v) is 6.28. The molecule has 0 bridgehead atoms. The van der Waals surface area contributed by atoms with Gasteiger partial charge in [0.2, 0.25) is 5.91 Å². The van der Waals surface area contributed by atoms with Crippen molar-refractivity contribution in [3.05, 3.63) is 71.3 Å². The maximum atomic E-state index is 12.2. The van der Waals surface area contributed by atoms with E-state index in [-0.39, 0.29) is 36.8 Å². The van der Waals surface area contributed by atoms with Gasteiger partial charge in [0.05, 0.1) is 0 Å². The molecule has 0 spiro atoms. The van der Waals surface area contributed by atoms with Crippen LogP contribution >= 0.6 is 24.8 Å². The summed E-state index contributed by atoms with van der Waals surface area (Å²) < 4.78 is 0. The predicted molar refractivity (Wildman–Crippen MR) is 117 cm³/mol.